The minimum atomic E-state index is -6.09. The average molecular weight is 428 g/mol. The summed E-state index contributed by atoms with van der Waals surface area (Å²) in [6.07, 6.45) is -9.55. The van der Waals surface area contributed by atoms with Gasteiger partial charge in [-0.05, 0) is 12.1 Å². The number of sulfonamides is 1. The lowest BCUT2D eigenvalue weighted by Gasteiger charge is -2.15. The molecule has 27 heavy (non-hydrogen) atoms. The molecule has 0 aliphatic rings. The summed E-state index contributed by atoms with van der Waals surface area (Å²) >= 11 is 0. The molecule has 0 amide bonds. The van der Waals surface area contributed by atoms with Crippen LogP contribution in [0, 0.1) is 0 Å². The predicted octanol–water partition coefficient (Wildman–Crippen LogP) is 3.57. The molecule has 2 heterocycles. The van der Waals surface area contributed by atoms with Crippen molar-refractivity contribution in [2.75, 3.05) is 4.72 Å². The van der Waals surface area contributed by atoms with Crippen molar-refractivity contribution < 1.29 is 47.9 Å². The van der Waals surface area contributed by atoms with Crippen molar-refractivity contribution in [2.45, 2.75) is 17.9 Å². The molecule has 1 N–H and O–H groups in total. The smallest absolute Gasteiger partial charge is 0.272 e. The van der Waals surface area contributed by atoms with E-state index in [-0.39, 0.29) is 16.9 Å². The van der Waals surface area contributed by atoms with Gasteiger partial charge in [-0.1, -0.05) is 0 Å². The molecule has 0 aliphatic carbocycles. The fraction of sp³-hybridized carbons (Fsp3) is 0.273. The number of rotatable bonds is 3. The van der Waals surface area contributed by atoms with Gasteiger partial charge in [0.05, 0.1) is 17.6 Å². The van der Waals surface area contributed by atoms with Crippen molar-refractivity contribution in [1.82, 2.24) is 14.8 Å². The van der Waals surface area contributed by atoms with E-state index in [1.54, 1.807) is 0 Å². The molecule has 0 aliphatic heterocycles. The summed E-state index contributed by atoms with van der Waals surface area (Å²) in [5, 5.41) is 2.91. The SMILES string of the molecule is O=S(=O)(Nc1cnc(C(F)(F)F)cc1-n1ccc(C(F)(F)F)n1)C(F)(F)F. The highest BCUT2D eigenvalue weighted by Crippen LogP contribution is 2.34. The summed E-state index contributed by atoms with van der Waals surface area (Å²) in [7, 11) is -6.09. The van der Waals surface area contributed by atoms with Gasteiger partial charge in [-0.3, -0.25) is 4.72 Å². The largest absolute Gasteiger partial charge is 0.516 e. The third-order valence-corrected chi connectivity index (χ3v) is 3.95. The van der Waals surface area contributed by atoms with Crippen molar-refractivity contribution in [3.8, 4) is 5.69 Å². The predicted molar refractivity (Wildman–Crippen MR) is 70.0 cm³/mol. The number of hydrogen-bond acceptors (Lipinski definition) is 4. The van der Waals surface area contributed by atoms with E-state index < -0.39 is 50.6 Å². The molecule has 0 bridgehead atoms. The number of hydrogen-bond donors (Lipinski definition) is 1. The second kappa shape index (κ2) is 6.28. The van der Waals surface area contributed by atoms with Gasteiger partial charge in [0.15, 0.2) is 5.69 Å². The van der Waals surface area contributed by atoms with Crippen LogP contribution in [-0.2, 0) is 22.4 Å². The van der Waals surface area contributed by atoms with Gasteiger partial charge in [0, 0.05) is 6.20 Å². The van der Waals surface area contributed by atoms with Crippen LogP contribution in [0.4, 0.5) is 45.2 Å². The van der Waals surface area contributed by atoms with Crippen LogP contribution in [0.5, 0.6) is 0 Å². The Morgan fingerprint density at radius 1 is 0.926 bits per heavy atom. The van der Waals surface area contributed by atoms with Crippen LogP contribution >= 0.6 is 0 Å². The Morgan fingerprint density at radius 2 is 1.48 bits per heavy atom. The van der Waals surface area contributed by atoms with E-state index in [0.717, 1.165) is 4.72 Å². The van der Waals surface area contributed by atoms with Crippen molar-refractivity contribution in [3.05, 3.63) is 35.9 Å². The van der Waals surface area contributed by atoms with E-state index in [1.807, 2.05) is 0 Å². The minimum Gasteiger partial charge on any atom is -0.272 e. The zero-order chi connectivity index (χ0) is 20.8. The third-order valence-electron chi connectivity index (χ3n) is 2.85. The molecule has 150 valence electrons. The Kier molecular flexibility index (Phi) is 4.83. The van der Waals surface area contributed by atoms with Crippen molar-refractivity contribution >= 4 is 15.7 Å². The summed E-state index contributed by atoms with van der Waals surface area (Å²) in [5.41, 5.74) is -11.3. The number of pyridine rings is 1. The monoisotopic (exact) mass is 428 g/mol. The Hall–Kier alpha value is -2.52. The number of aromatic nitrogens is 3. The number of nitrogens with one attached hydrogen (secondary N) is 1. The lowest BCUT2D eigenvalue weighted by atomic mass is 10.3. The Morgan fingerprint density at radius 3 is 1.93 bits per heavy atom. The summed E-state index contributed by atoms with van der Waals surface area (Å²) in [4.78, 5) is 2.78. The Labute approximate surface area is 143 Å². The van der Waals surface area contributed by atoms with E-state index in [4.69, 9.17) is 0 Å². The zero-order valence-electron chi connectivity index (χ0n) is 12.3. The van der Waals surface area contributed by atoms with Crippen molar-refractivity contribution in [2.24, 2.45) is 0 Å². The van der Waals surface area contributed by atoms with Gasteiger partial charge in [0.25, 0.3) is 0 Å². The highest BCUT2D eigenvalue weighted by atomic mass is 32.2. The van der Waals surface area contributed by atoms with Crippen molar-refractivity contribution in [1.29, 1.82) is 0 Å². The number of halogens is 9. The first-order valence-electron chi connectivity index (χ1n) is 6.32. The first kappa shape index (κ1) is 20.8. The van der Waals surface area contributed by atoms with Gasteiger partial charge in [-0.2, -0.15) is 53.0 Å². The fourth-order valence-electron chi connectivity index (χ4n) is 1.68. The Balaban J connectivity index is 2.63. The normalized spacial score (nSPS) is 13.7. The molecular weight excluding hydrogens is 423 g/mol. The molecule has 16 heteroatoms. The first-order valence-corrected chi connectivity index (χ1v) is 7.80. The minimum absolute atomic E-state index is 0.0430. The molecule has 2 rings (SSSR count). The molecule has 2 aromatic rings. The molecule has 0 atom stereocenters. The molecule has 6 nitrogen and oxygen atoms in total. The standard InChI is InChI=1S/C11H5F9N4O2S/c12-9(13,14)7-1-2-24(22-7)6-3-8(10(15,16)17)21-4-5(6)23-27(25,26)11(18,19)20/h1-4,23H. The molecule has 0 radical (unpaired) electrons. The van der Waals surface area contributed by atoms with Crippen molar-refractivity contribution in [3.63, 3.8) is 0 Å². The highest BCUT2D eigenvalue weighted by Gasteiger charge is 2.46. The second-order valence-electron chi connectivity index (χ2n) is 4.78. The summed E-state index contributed by atoms with van der Waals surface area (Å²) in [6, 6.07) is 0.372. The van der Waals surface area contributed by atoms with E-state index >= 15 is 0 Å². The van der Waals surface area contributed by atoms with Gasteiger partial charge in [-0.25, -0.2) is 9.67 Å². The van der Waals surface area contributed by atoms with Crippen LogP contribution in [0.3, 0.4) is 0 Å². The average Bonchev–Trinajstić information content (AvgIpc) is 2.94. The maximum absolute atomic E-state index is 12.7. The van der Waals surface area contributed by atoms with Crippen LogP contribution < -0.4 is 4.72 Å². The molecule has 0 aromatic carbocycles. The van der Waals surface area contributed by atoms with E-state index in [9.17, 15) is 47.9 Å². The summed E-state index contributed by atoms with van der Waals surface area (Å²) < 4.78 is 137. The molecule has 2 aromatic heterocycles. The second-order valence-corrected chi connectivity index (χ2v) is 6.45. The van der Waals surface area contributed by atoms with Gasteiger partial charge in [0.2, 0.25) is 0 Å². The van der Waals surface area contributed by atoms with Crippen LogP contribution in [-0.4, -0.2) is 28.7 Å². The fourth-order valence-corrected chi connectivity index (χ4v) is 2.24. The highest BCUT2D eigenvalue weighted by molar-refractivity contribution is 7.93. The summed E-state index contributed by atoms with van der Waals surface area (Å²) in [6.45, 7) is 0. The Bertz CT molecular complexity index is 944. The lowest BCUT2D eigenvalue weighted by Crippen LogP contribution is -2.30. The van der Waals surface area contributed by atoms with Gasteiger partial charge >= 0.3 is 27.9 Å². The maximum atomic E-state index is 12.7. The zero-order valence-corrected chi connectivity index (χ0v) is 13.1. The molecule has 0 fully saturated rings. The quantitative estimate of drug-likeness (QED) is 0.759. The van der Waals surface area contributed by atoms with E-state index in [0.29, 0.717) is 12.3 Å². The van der Waals surface area contributed by atoms with E-state index in [2.05, 4.69) is 10.1 Å². The number of nitrogens with zero attached hydrogens (tertiary/aromatic N) is 3. The van der Waals surface area contributed by atoms with Crippen LogP contribution in [0.15, 0.2) is 24.5 Å². The maximum Gasteiger partial charge on any atom is 0.516 e. The molecular formula is C11H5F9N4O2S. The molecule has 0 spiro atoms. The topological polar surface area (TPSA) is 76.9 Å². The number of alkyl halides is 9. The molecule has 0 saturated heterocycles. The summed E-state index contributed by atoms with van der Waals surface area (Å²) in [5.74, 6) is 0. The number of anilines is 1. The third kappa shape index (κ3) is 4.42. The lowest BCUT2D eigenvalue weighted by molar-refractivity contribution is -0.142. The van der Waals surface area contributed by atoms with E-state index in [1.165, 1.54) is 0 Å². The van der Waals surface area contributed by atoms with Gasteiger partial charge in [-0.15, -0.1) is 0 Å². The van der Waals surface area contributed by atoms with Crippen LogP contribution in [0.25, 0.3) is 5.69 Å². The molecule has 0 unspecified atom stereocenters. The first-order chi connectivity index (χ1) is 12.0. The van der Waals surface area contributed by atoms with Gasteiger partial charge < -0.3 is 0 Å². The molecule has 0 saturated carbocycles. The van der Waals surface area contributed by atoms with Crippen LogP contribution in [0.2, 0.25) is 0 Å². The van der Waals surface area contributed by atoms with Crippen LogP contribution in [0.1, 0.15) is 11.4 Å². The van der Waals surface area contributed by atoms with Gasteiger partial charge in [0.1, 0.15) is 5.69 Å².